The molecule has 0 saturated carbocycles. The molecule has 0 aliphatic rings. The van der Waals surface area contributed by atoms with E-state index < -0.39 is 7.87 Å². The van der Waals surface area contributed by atoms with Gasteiger partial charge >= 0.3 is 7.87 Å². The van der Waals surface area contributed by atoms with Gasteiger partial charge in [-0.1, -0.05) is 84.9 Å². The van der Waals surface area contributed by atoms with Crippen LogP contribution in [0.25, 0.3) is 0 Å². The summed E-state index contributed by atoms with van der Waals surface area (Å²) in [6.45, 7) is 0. The molecular formula is C30H26Br3N4OP. The highest BCUT2D eigenvalue weighted by atomic mass is 79.9. The third-order valence-corrected chi connectivity index (χ3v) is 10.8. The van der Waals surface area contributed by atoms with Gasteiger partial charge in [0.05, 0.1) is 22.7 Å². The highest BCUT2D eigenvalue weighted by molar-refractivity contribution is 9.14. The van der Waals surface area contributed by atoms with E-state index >= 15 is 0 Å². The zero-order chi connectivity index (χ0) is 27.5. The van der Waals surface area contributed by atoms with Crippen LogP contribution in [-0.2, 0) is 0 Å². The molecule has 9 heteroatoms. The van der Waals surface area contributed by atoms with E-state index in [-0.39, 0.29) is 5.75 Å². The van der Waals surface area contributed by atoms with Gasteiger partial charge in [-0.2, -0.15) is 0 Å². The molecule has 0 atom stereocenters. The number of nitrogens with one attached hydrogen (secondary N) is 4. The van der Waals surface area contributed by atoms with E-state index in [2.05, 4.69) is 117 Å². The molecule has 0 radical (unpaired) electrons. The van der Waals surface area contributed by atoms with Gasteiger partial charge in [0.15, 0.2) is 0 Å². The highest BCUT2D eigenvalue weighted by Crippen LogP contribution is 2.56. The van der Waals surface area contributed by atoms with Gasteiger partial charge in [-0.15, -0.1) is 5.75 Å². The summed E-state index contributed by atoms with van der Waals surface area (Å²) in [5.74, 6) is -0.0121. The van der Waals surface area contributed by atoms with E-state index in [0.29, 0.717) is 0 Å². The van der Waals surface area contributed by atoms with Gasteiger partial charge in [-0.3, -0.25) is 0 Å². The largest absolute Gasteiger partial charge is 0.872 e. The second-order valence-electron chi connectivity index (χ2n) is 8.28. The van der Waals surface area contributed by atoms with Crippen molar-refractivity contribution in [3.8, 4) is 5.75 Å². The van der Waals surface area contributed by atoms with Gasteiger partial charge in [0.25, 0.3) is 0 Å². The van der Waals surface area contributed by atoms with E-state index in [0.717, 1.165) is 36.2 Å². The first-order valence-electron chi connectivity index (χ1n) is 12.0. The number of hydrogen-bond acceptors (Lipinski definition) is 5. The number of hydrogen-bond donors (Lipinski definition) is 4. The molecule has 4 N–H and O–H groups in total. The second kappa shape index (κ2) is 14.4. The minimum Gasteiger partial charge on any atom is -0.872 e. The van der Waals surface area contributed by atoms with Gasteiger partial charge in [0.2, 0.25) is 0 Å². The summed E-state index contributed by atoms with van der Waals surface area (Å²) >= 11 is 9.72. The molecule has 0 aromatic heterocycles. The minimum atomic E-state index is -2.38. The summed E-state index contributed by atoms with van der Waals surface area (Å²) in [6, 6.07) is 43.9. The molecule has 0 amide bonds. The summed E-state index contributed by atoms with van der Waals surface area (Å²) in [5.41, 5.74) is 4.10. The zero-order valence-electron chi connectivity index (χ0n) is 20.7. The quantitative estimate of drug-likeness (QED) is 0.0946. The van der Waals surface area contributed by atoms with Crippen molar-refractivity contribution in [3.05, 3.63) is 147 Å². The fraction of sp³-hybridized carbons (Fsp3) is 0. The number of rotatable bonds is 8. The lowest BCUT2D eigenvalue weighted by Crippen LogP contribution is -2.27. The van der Waals surface area contributed by atoms with Crippen LogP contribution in [0.3, 0.4) is 0 Å². The normalized spacial score (nSPS) is 10.5. The molecule has 5 rings (SSSR count). The van der Waals surface area contributed by atoms with E-state index in [1.165, 1.54) is 12.1 Å². The van der Waals surface area contributed by atoms with Crippen molar-refractivity contribution < 1.29 is 5.11 Å². The first-order valence-corrected chi connectivity index (χ1v) is 16.1. The molecule has 0 bridgehead atoms. The lowest BCUT2D eigenvalue weighted by molar-refractivity contribution is -0.268. The predicted octanol–water partition coefficient (Wildman–Crippen LogP) is 10.2. The highest BCUT2D eigenvalue weighted by Gasteiger charge is 2.40. The maximum absolute atomic E-state index is 10.8. The first-order chi connectivity index (χ1) is 18.9. The number of halogens is 3. The van der Waals surface area contributed by atoms with Crippen molar-refractivity contribution in [1.29, 1.82) is 0 Å². The molecule has 5 nitrogen and oxygen atoms in total. The van der Waals surface area contributed by atoms with Crippen molar-refractivity contribution >= 4 is 78.4 Å². The van der Waals surface area contributed by atoms with Crippen molar-refractivity contribution in [1.82, 2.24) is 0 Å². The Kier molecular flexibility index (Phi) is 10.7. The Labute approximate surface area is 255 Å². The van der Waals surface area contributed by atoms with Crippen LogP contribution >= 0.6 is 55.7 Å². The Morgan fingerprint density at radius 2 is 0.692 bits per heavy atom. The molecule has 0 fully saturated rings. The monoisotopic (exact) mass is 726 g/mol. The van der Waals surface area contributed by atoms with Gasteiger partial charge in [-0.05, 0) is 96.3 Å². The summed E-state index contributed by atoms with van der Waals surface area (Å²) in [4.78, 5) is 0. The van der Waals surface area contributed by atoms with Gasteiger partial charge in [0, 0.05) is 13.4 Å². The predicted molar refractivity (Wildman–Crippen MR) is 176 cm³/mol. The third kappa shape index (κ3) is 9.01. The zero-order valence-corrected chi connectivity index (χ0v) is 26.3. The Morgan fingerprint density at radius 1 is 0.436 bits per heavy atom. The summed E-state index contributed by atoms with van der Waals surface area (Å²) < 4.78 is 2.41. The molecule has 0 heterocycles. The molecule has 198 valence electrons. The molecule has 0 aliphatic carbocycles. The van der Waals surface area contributed by atoms with Crippen LogP contribution in [0.5, 0.6) is 5.75 Å². The lowest BCUT2D eigenvalue weighted by atomic mass is 10.3. The van der Waals surface area contributed by atoms with Crippen molar-refractivity contribution in [2.24, 2.45) is 0 Å². The van der Waals surface area contributed by atoms with E-state index in [1.807, 2.05) is 72.8 Å². The minimum absolute atomic E-state index is 0.0121. The molecular weight excluding hydrogens is 703 g/mol. The molecule has 0 spiro atoms. The van der Waals surface area contributed by atoms with Crippen LogP contribution in [0.2, 0.25) is 0 Å². The summed E-state index contributed by atoms with van der Waals surface area (Å²) in [7, 11) is -2.38. The molecule has 39 heavy (non-hydrogen) atoms. The summed E-state index contributed by atoms with van der Waals surface area (Å²) in [6.07, 6.45) is 0. The van der Waals surface area contributed by atoms with Crippen LogP contribution in [0.4, 0.5) is 22.7 Å². The van der Waals surface area contributed by atoms with E-state index in [1.54, 1.807) is 0 Å². The van der Waals surface area contributed by atoms with Gasteiger partial charge in [0.1, 0.15) is 0 Å². The van der Waals surface area contributed by atoms with E-state index in [9.17, 15) is 5.11 Å². The molecule has 0 saturated heterocycles. The van der Waals surface area contributed by atoms with Crippen molar-refractivity contribution in [3.63, 3.8) is 0 Å². The standard InChI is InChI=1S/C24H24N4P.C6H3Br3O/c1-5-13-21(14-6-1)25-29(26-22-15-7-2-8-16-22,27-23-17-9-3-10-18-23)28-24-19-11-4-12-20-24;7-4-1-3(10)2-5(8)6(4)9/h1-20,25-28H;1-2,10H/q+1;/p-1. The molecule has 0 aliphatic heterocycles. The lowest BCUT2D eigenvalue weighted by Gasteiger charge is -2.29. The number of anilines is 4. The second-order valence-corrected chi connectivity index (χ2v) is 13.0. The Bertz CT molecular complexity index is 1250. The Balaban J connectivity index is 0.000000298. The van der Waals surface area contributed by atoms with Crippen LogP contribution in [0.1, 0.15) is 0 Å². The first kappa shape index (κ1) is 29.0. The third-order valence-electron chi connectivity index (χ3n) is 5.24. The average molecular weight is 729 g/mol. The van der Waals surface area contributed by atoms with Crippen molar-refractivity contribution in [2.45, 2.75) is 0 Å². The maximum atomic E-state index is 10.8. The van der Waals surface area contributed by atoms with E-state index in [4.69, 9.17) is 0 Å². The number of benzene rings is 5. The van der Waals surface area contributed by atoms with Gasteiger partial charge < -0.3 is 5.11 Å². The Hall–Kier alpha value is -3.03. The topological polar surface area (TPSA) is 71.2 Å². The fourth-order valence-corrected chi connectivity index (χ4v) is 7.38. The number of para-hydroxylation sites is 4. The van der Waals surface area contributed by atoms with Crippen LogP contribution in [-0.4, -0.2) is 0 Å². The smallest absolute Gasteiger partial charge is 0.395 e. The molecule has 5 aromatic rings. The average Bonchev–Trinajstić information content (AvgIpc) is 2.94. The maximum Gasteiger partial charge on any atom is 0.395 e. The fourth-order valence-electron chi connectivity index (χ4n) is 3.53. The SMILES string of the molecule is [O-]c1cc(Br)c(Br)c(Br)c1.c1ccc(N[P+](Nc2ccccc2)(Nc2ccccc2)Nc2ccccc2)cc1. The van der Waals surface area contributed by atoms with Crippen molar-refractivity contribution in [2.75, 3.05) is 20.3 Å². The molecule has 5 aromatic carbocycles. The summed E-state index contributed by atoms with van der Waals surface area (Å²) in [5, 5.41) is 25.6. The van der Waals surface area contributed by atoms with Crippen LogP contribution < -0.4 is 25.5 Å². The van der Waals surface area contributed by atoms with Gasteiger partial charge in [-0.25, -0.2) is 20.3 Å². The Morgan fingerprint density at radius 3 is 0.949 bits per heavy atom. The van der Waals surface area contributed by atoms with Crippen LogP contribution in [0, 0.1) is 0 Å². The molecule has 0 unspecified atom stereocenters. The van der Waals surface area contributed by atoms with Crippen LogP contribution in [0.15, 0.2) is 147 Å².